The van der Waals surface area contributed by atoms with Crippen LogP contribution in [-0.2, 0) is 13.1 Å². The van der Waals surface area contributed by atoms with Gasteiger partial charge in [0.05, 0.1) is 19.3 Å². The zero-order chi connectivity index (χ0) is 21.6. The molecular weight excluding hydrogens is 406 g/mol. The molecule has 0 spiro atoms. The lowest BCUT2D eigenvalue weighted by Gasteiger charge is -2.41. The highest BCUT2D eigenvalue weighted by Gasteiger charge is 2.27. The quantitative estimate of drug-likeness (QED) is 0.572. The topological polar surface area (TPSA) is 48.8 Å². The molecule has 1 fully saturated rings. The standard InChI is InChI=1S/C25H31N3O2S/c1-19-14-20(8-9-24(19)30-2)15-28-12-11-27(16-22(28)10-13-29)17-25-26-23(18-31-25)21-6-4-3-5-7-21/h3-9,14,18,22,29H,10-13,15-17H2,1-2H3. The van der Waals surface area contributed by atoms with Gasteiger partial charge in [-0.3, -0.25) is 9.80 Å². The van der Waals surface area contributed by atoms with Crippen LogP contribution in [0, 0.1) is 6.92 Å². The van der Waals surface area contributed by atoms with Crippen LogP contribution in [0.4, 0.5) is 0 Å². The van der Waals surface area contributed by atoms with Gasteiger partial charge in [0.2, 0.25) is 0 Å². The molecule has 0 radical (unpaired) electrons. The number of aliphatic hydroxyl groups excluding tert-OH is 1. The van der Waals surface area contributed by atoms with Gasteiger partial charge < -0.3 is 9.84 Å². The Morgan fingerprint density at radius 1 is 1.13 bits per heavy atom. The lowest BCUT2D eigenvalue weighted by Crippen LogP contribution is -2.52. The van der Waals surface area contributed by atoms with Gasteiger partial charge in [0, 0.05) is 49.8 Å². The summed E-state index contributed by atoms with van der Waals surface area (Å²) >= 11 is 1.73. The van der Waals surface area contributed by atoms with Gasteiger partial charge in [0.15, 0.2) is 0 Å². The van der Waals surface area contributed by atoms with Crippen molar-refractivity contribution < 1.29 is 9.84 Å². The van der Waals surface area contributed by atoms with Crippen molar-refractivity contribution in [1.82, 2.24) is 14.8 Å². The number of piperazine rings is 1. The summed E-state index contributed by atoms with van der Waals surface area (Å²) in [7, 11) is 1.71. The molecule has 2 aromatic carbocycles. The van der Waals surface area contributed by atoms with E-state index in [-0.39, 0.29) is 6.61 Å². The van der Waals surface area contributed by atoms with Crippen LogP contribution in [0.5, 0.6) is 5.75 Å². The molecule has 1 aliphatic rings. The fourth-order valence-electron chi connectivity index (χ4n) is 4.32. The lowest BCUT2D eigenvalue weighted by atomic mass is 10.1. The second kappa shape index (κ2) is 10.4. The van der Waals surface area contributed by atoms with Gasteiger partial charge in [-0.1, -0.05) is 42.5 Å². The molecule has 1 aromatic heterocycles. The van der Waals surface area contributed by atoms with Gasteiger partial charge in [0.25, 0.3) is 0 Å². The molecule has 0 amide bonds. The van der Waals surface area contributed by atoms with Gasteiger partial charge >= 0.3 is 0 Å². The number of hydrogen-bond acceptors (Lipinski definition) is 6. The summed E-state index contributed by atoms with van der Waals surface area (Å²) in [5.41, 5.74) is 4.68. The highest BCUT2D eigenvalue weighted by molar-refractivity contribution is 7.09. The van der Waals surface area contributed by atoms with Crippen molar-refractivity contribution in [2.45, 2.75) is 32.5 Å². The molecule has 1 unspecified atom stereocenters. The number of nitrogens with zero attached hydrogens (tertiary/aromatic N) is 3. The fraction of sp³-hybridized carbons (Fsp3) is 0.400. The molecule has 0 bridgehead atoms. The molecule has 5 nitrogen and oxygen atoms in total. The number of aliphatic hydroxyl groups is 1. The predicted octanol–water partition coefficient (Wildman–Crippen LogP) is 4.20. The van der Waals surface area contributed by atoms with E-state index in [1.807, 2.05) is 6.07 Å². The first kappa shape index (κ1) is 22.0. The number of hydrogen-bond donors (Lipinski definition) is 1. The van der Waals surface area contributed by atoms with Gasteiger partial charge in [-0.2, -0.15) is 0 Å². The Balaban J connectivity index is 1.39. The number of methoxy groups -OCH3 is 1. The van der Waals surface area contributed by atoms with E-state index in [4.69, 9.17) is 9.72 Å². The van der Waals surface area contributed by atoms with Crippen LogP contribution >= 0.6 is 11.3 Å². The van der Waals surface area contributed by atoms with E-state index in [2.05, 4.69) is 64.6 Å². The molecule has 1 aliphatic heterocycles. The maximum atomic E-state index is 9.65. The highest BCUT2D eigenvalue weighted by Crippen LogP contribution is 2.25. The average Bonchev–Trinajstić information content (AvgIpc) is 3.25. The van der Waals surface area contributed by atoms with Crippen molar-refractivity contribution in [3.8, 4) is 17.0 Å². The Bertz CT molecular complexity index is 976. The van der Waals surface area contributed by atoms with E-state index in [9.17, 15) is 5.11 Å². The summed E-state index contributed by atoms with van der Waals surface area (Å²) in [6, 6.07) is 17.1. The minimum absolute atomic E-state index is 0.214. The molecule has 164 valence electrons. The molecule has 0 saturated carbocycles. The molecule has 31 heavy (non-hydrogen) atoms. The summed E-state index contributed by atoms with van der Waals surface area (Å²) < 4.78 is 5.39. The van der Waals surface area contributed by atoms with Crippen molar-refractivity contribution in [2.24, 2.45) is 0 Å². The normalized spacial score (nSPS) is 17.7. The minimum atomic E-state index is 0.214. The monoisotopic (exact) mass is 437 g/mol. The van der Waals surface area contributed by atoms with Crippen LogP contribution in [0.15, 0.2) is 53.9 Å². The SMILES string of the molecule is COc1ccc(CN2CCN(Cc3nc(-c4ccccc4)cs3)CC2CCO)cc1C. The first-order valence-corrected chi connectivity index (χ1v) is 11.7. The summed E-state index contributed by atoms with van der Waals surface area (Å²) in [5, 5.41) is 13.0. The summed E-state index contributed by atoms with van der Waals surface area (Å²) in [6.45, 7) is 7.03. The first-order valence-electron chi connectivity index (χ1n) is 10.9. The Labute approximate surface area is 188 Å². The van der Waals surface area contributed by atoms with Crippen LogP contribution in [-0.4, -0.2) is 59.3 Å². The largest absolute Gasteiger partial charge is 0.496 e. The van der Waals surface area contributed by atoms with Crippen molar-refractivity contribution in [1.29, 1.82) is 0 Å². The molecule has 6 heteroatoms. The Morgan fingerprint density at radius 3 is 2.71 bits per heavy atom. The van der Waals surface area contributed by atoms with E-state index in [0.29, 0.717) is 6.04 Å². The van der Waals surface area contributed by atoms with Gasteiger partial charge in [-0.25, -0.2) is 4.98 Å². The number of rotatable bonds is 8. The Kier molecular flexibility index (Phi) is 7.35. The lowest BCUT2D eigenvalue weighted by molar-refractivity contribution is 0.0499. The van der Waals surface area contributed by atoms with E-state index in [0.717, 1.165) is 61.2 Å². The smallest absolute Gasteiger partial charge is 0.121 e. The zero-order valence-electron chi connectivity index (χ0n) is 18.3. The van der Waals surface area contributed by atoms with Crippen molar-refractivity contribution in [2.75, 3.05) is 33.4 Å². The number of aryl methyl sites for hydroxylation is 1. The number of thiazole rings is 1. The van der Waals surface area contributed by atoms with E-state index >= 15 is 0 Å². The predicted molar refractivity (Wildman–Crippen MR) is 126 cm³/mol. The summed E-state index contributed by atoms with van der Waals surface area (Å²) in [6.07, 6.45) is 0.790. The van der Waals surface area contributed by atoms with Crippen LogP contribution in [0.2, 0.25) is 0 Å². The molecule has 1 atom stereocenters. The second-order valence-corrected chi connectivity index (χ2v) is 9.11. The number of aromatic nitrogens is 1. The third-order valence-electron chi connectivity index (χ3n) is 5.98. The Hall–Kier alpha value is -2.25. The molecule has 0 aliphatic carbocycles. The summed E-state index contributed by atoms with van der Waals surface area (Å²) in [5.74, 6) is 0.929. The molecule has 2 heterocycles. The van der Waals surface area contributed by atoms with Crippen LogP contribution < -0.4 is 4.74 Å². The van der Waals surface area contributed by atoms with Gasteiger partial charge in [-0.05, 0) is 30.5 Å². The molecule has 3 aromatic rings. The van der Waals surface area contributed by atoms with Crippen molar-refractivity contribution in [3.63, 3.8) is 0 Å². The van der Waals surface area contributed by atoms with Crippen molar-refractivity contribution in [3.05, 3.63) is 70.0 Å². The zero-order valence-corrected chi connectivity index (χ0v) is 19.1. The molecule has 4 rings (SSSR count). The summed E-state index contributed by atoms with van der Waals surface area (Å²) in [4.78, 5) is 9.84. The Morgan fingerprint density at radius 2 is 1.97 bits per heavy atom. The maximum Gasteiger partial charge on any atom is 0.121 e. The molecular formula is C25H31N3O2S. The van der Waals surface area contributed by atoms with Gasteiger partial charge in [0.1, 0.15) is 10.8 Å². The van der Waals surface area contributed by atoms with E-state index in [1.165, 1.54) is 11.1 Å². The third kappa shape index (κ3) is 5.52. The maximum absolute atomic E-state index is 9.65. The number of ether oxygens (including phenoxy) is 1. The van der Waals surface area contributed by atoms with E-state index < -0.39 is 0 Å². The van der Waals surface area contributed by atoms with Crippen molar-refractivity contribution >= 4 is 11.3 Å². The fourth-order valence-corrected chi connectivity index (χ4v) is 5.17. The van der Waals surface area contributed by atoms with Gasteiger partial charge in [-0.15, -0.1) is 11.3 Å². The molecule has 1 saturated heterocycles. The van der Waals surface area contributed by atoms with Crippen LogP contribution in [0.1, 0.15) is 22.6 Å². The van der Waals surface area contributed by atoms with E-state index in [1.54, 1.807) is 18.4 Å². The molecule has 1 N–H and O–H groups in total. The minimum Gasteiger partial charge on any atom is -0.496 e. The number of benzene rings is 2. The van der Waals surface area contributed by atoms with Crippen LogP contribution in [0.25, 0.3) is 11.3 Å². The third-order valence-corrected chi connectivity index (χ3v) is 6.81. The second-order valence-electron chi connectivity index (χ2n) is 8.17. The van der Waals surface area contributed by atoms with Crippen LogP contribution in [0.3, 0.4) is 0 Å². The first-order chi connectivity index (χ1) is 15.2. The highest BCUT2D eigenvalue weighted by atomic mass is 32.1. The average molecular weight is 438 g/mol.